The van der Waals surface area contributed by atoms with E-state index in [1.54, 1.807) is 0 Å². The number of rotatable bonds is 9. The van der Waals surface area contributed by atoms with Gasteiger partial charge < -0.3 is 10.1 Å². The van der Waals surface area contributed by atoms with Gasteiger partial charge in [0.15, 0.2) is 0 Å². The van der Waals surface area contributed by atoms with Crippen LogP contribution in [-0.4, -0.2) is 13.2 Å². The summed E-state index contributed by atoms with van der Waals surface area (Å²) in [5, 5.41) is 3.40. The minimum absolute atomic E-state index is 0.649. The summed E-state index contributed by atoms with van der Waals surface area (Å²) in [4.78, 5) is 0. The maximum Gasteiger partial charge on any atom is 0.0727 e. The first-order valence-electron chi connectivity index (χ1n) is 6.83. The van der Waals surface area contributed by atoms with Crippen LogP contribution in [0, 0.1) is 0 Å². The van der Waals surface area contributed by atoms with Crippen LogP contribution in [0.1, 0.15) is 37.8 Å². The van der Waals surface area contributed by atoms with Gasteiger partial charge in [0.25, 0.3) is 0 Å². The molecule has 0 unspecified atom stereocenters. The van der Waals surface area contributed by atoms with Crippen LogP contribution in [0.25, 0.3) is 0 Å². The zero-order valence-corrected chi connectivity index (χ0v) is 13.6. The van der Waals surface area contributed by atoms with Crippen molar-refractivity contribution in [2.45, 2.75) is 39.8 Å². The van der Waals surface area contributed by atoms with Crippen LogP contribution >= 0.6 is 15.9 Å². The Morgan fingerprint density at radius 2 is 2.21 bits per heavy atom. The quantitative estimate of drug-likeness (QED) is 0.535. The number of benzene rings is 1. The number of nitrogens with one attached hydrogen (secondary N) is 1. The molecule has 0 amide bonds. The lowest BCUT2D eigenvalue weighted by atomic mass is 10.1. The van der Waals surface area contributed by atoms with Gasteiger partial charge in [-0.3, -0.25) is 0 Å². The molecule has 0 aliphatic carbocycles. The summed E-state index contributed by atoms with van der Waals surface area (Å²) in [6.07, 6.45) is 2.09. The fourth-order valence-electron chi connectivity index (χ4n) is 1.66. The fraction of sp³-hybridized carbons (Fsp3) is 0.500. The van der Waals surface area contributed by atoms with E-state index in [2.05, 4.69) is 52.9 Å². The van der Waals surface area contributed by atoms with Crippen LogP contribution < -0.4 is 5.32 Å². The molecular weight excluding hydrogens is 302 g/mol. The average molecular weight is 326 g/mol. The van der Waals surface area contributed by atoms with Gasteiger partial charge in [-0.15, -0.1) is 6.58 Å². The second-order valence-corrected chi connectivity index (χ2v) is 5.72. The normalized spacial score (nSPS) is 10.7. The number of halogens is 1. The van der Waals surface area contributed by atoms with Crippen molar-refractivity contribution in [3.05, 3.63) is 46.0 Å². The molecule has 0 fully saturated rings. The highest BCUT2D eigenvalue weighted by molar-refractivity contribution is 9.10. The van der Waals surface area contributed by atoms with Gasteiger partial charge in [-0.2, -0.15) is 0 Å². The Kier molecular flexibility index (Phi) is 8.03. The Balaban J connectivity index is 2.41. The lowest BCUT2D eigenvalue weighted by molar-refractivity contribution is 0.123. The van der Waals surface area contributed by atoms with Gasteiger partial charge in [0.1, 0.15) is 0 Å². The van der Waals surface area contributed by atoms with Gasteiger partial charge in [-0.1, -0.05) is 40.6 Å². The van der Waals surface area contributed by atoms with Gasteiger partial charge in [-0.05, 0) is 43.5 Å². The molecule has 1 rings (SSSR count). The third-order valence-electron chi connectivity index (χ3n) is 2.80. The monoisotopic (exact) mass is 325 g/mol. The summed E-state index contributed by atoms with van der Waals surface area (Å²) in [5.41, 5.74) is 3.66. The molecule has 0 radical (unpaired) electrons. The highest BCUT2D eigenvalue weighted by atomic mass is 79.9. The topological polar surface area (TPSA) is 21.3 Å². The summed E-state index contributed by atoms with van der Waals surface area (Å²) < 4.78 is 6.77. The van der Waals surface area contributed by atoms with Crippen LogP contribution in [0.15, 0.2) is 34.8 Å². The molecule has 2 nitrogen and oxygen atoms in total. The SMILES string of the molecule is C=C(C)CCOCc1ccc(CNCCC)cc1Br. The van der Waals surface area contributed by atoms with Gasteiger partial charge in [0, 0.05) is 11.0 Å². The first-order valence-corrected chi connectivity index (χ1v) is 7.63. The first-order chi connectivity index (χ1) is 9.13. The smallest absolute Gasteiger partial charge is 0.0727 e. The summed E-state index contributed by atoms with van der Waals surface area (Å²) in [7, 11) is 0. The largest absolute Gasteiger partial charge is 0.376 e. The molecule has 0 spiro atoms. The maximum absolute atomic E-state index is 5.64. The van der Waals surface area contributed by atoms with Crippen molar-refractivity contribution in [3.63, 3.8) is 0 Å². The molecule has 106 valence electrons. The van der Waals surface area contributed by atoms with Gasteiger partial charge in [0.2, 0.25) is 0 Å². The number of hydrogen-bond acceptors (Lipinski definition) is 2. The van der Waals surface area contributed by atoms with Gasteiger partial charge in [-0.25, -0.2) is 0 Å². The Hall–Kier alpha value is -0.640. The molecule has 0 bridgehead atoms. The summed E-state index contributed by atoms with van der Waals surface area (Å²) in [6.45, 7) is 11.4. The Bertz CT molecular complexity index is 404. The Labute approximate surface area is 125 Å². The van der Waals surface area contributed by atoms with E-state index < -0.39 is 0 Å². The zero-order chi connectivity index (χ0) is 14.1. The molecule has 0 heterocycles. The van der Waals surface area contributed by atoms with Crippen molar-refractivity contribution in [3.8, 4) is 0 Å². The molecule has 0 aromatic heterocycles. The Morgan fingerprint density at radius 1 is 1.42 bits per heavy atom. The predicted octanol–water partition coefficient (Wildman–Crippen LogP) is 4.43. The summed E-state index contributed by atoms with van der Waals surface area (Å²) in [6, 6.07) is 6.46. The third kappa shape index (κ3) is 6.90. The van der Waals surface area contributed by atoms with Crippen molar-refractivity contribution < 1.29 is 4.74 Å². The lowest BCUT2D eigenvalue weighted by Crippen LogP contribution is -2.13. The molecule has 0 saturated carbocycles. The molecule has 1 aromatic carbocycles. The molecule has 0 atom stereocenters. The van der Waals surface area contributed by atoms with E-state index in [9.17, 15) is 0 Å². The van der Waals surface area contributed by atoms with Crippen molar-refractivity contribution in [2.24, 2.45) is 0 Å². The highest BCUT2D eigenvalue weighted by Gasteiger charge is 2.02. The van der Waals surface area contributed by atoms with E-state index in [0.717, 1.165) is 42.6 Å². The van der Waals surface area contributed by atoms with Crippen LogP contribution in [0.5, 0.6) is 0 Å². The second kappa shape index (κ2) is 9.29. The van der Waals surface area contributed by atoms with Crippen molar-refractivity contribution in [2.75, 3.05) is 13.2 Å². The standard InChI is InChI=1S/C16H24BrNO/c1-4-8-18-11-14-5-6-15(16(17)10-14)12-19-9-7-13(2)3/h5-6,10,18H,2,4,7-9,11-12H2,1,3H3. The molecular formula is C16H24BrNO. The molecule has 1 N–H and O–H groups in total. The second-order valence-electron chi connectivity index (χ2n) is 4.86. The van der Waals surface area contributed by atoms with Crippen molar-refractivity contribution in [1.29, 1.82) is 0 Å². The molecule has 3 heteroatoms. The van der Waals surface area contributed by atoms with Crippen LogP contribution in [0.2, 0.25) is 0 Å². The average Bonchev–Trinajstić information content (AvgIpc) is 2.36. The molecule has 19 heavy (non-hydrogen) atoms. The number of hydrogen-bond donors (Lipinski definition) is 1. The third-order valence-corrected chi connectivity index (χ3v) is 3.54. The molecule has 0 aliphatic rings. The van der Waals surface area contributed by atoms with Crippen molar-refractivity contribution >= 4 is 15.9 Å². The first kappa shape index (κ1) is 16.4. The van der Waals surface area contributed by atoms with E-state index in [1.165, 1.54) is 11.1 Å². The summed E-state index contributed by atoms with van der Waals surface area (Å²) in [5.74, 6) is 0. The molecule has 0 aliphatic heterocycles. The van der Waals surface area contributed by atoms with E-state index >= 15 is 0 Å². The van der Waals surface area contributed by atoms with E-state index in [1.807, 2.05) is 6.92 Å². The zero-order valence-electron chi connectivity index (χ0n) is 12.0. The minimum atomic E-state index is 0.649. The lowest BCUT2D eigenvalue weighted by Gasteiger charge is -2.09. The predicted molar refractivity (Wildman–Crippen MR) is 85.2 cm³/mol. The van der Waals surface area contributed by atoms with Crippen LogP contribution in [0.3, 0.4) is 0 Å². The summed E-state index contributed by atoms with van der Waals surface area (Å²) >= 11 is 3.61. The maximum atomic E-state index is 5.64. The van der Waals surface area contributed by atoms with Crippen molar-refractivity contribution in [1.82, 2.24) is 5.32 Å². The van der Waals surface area contributed by atoms with E-state index in [4.69, 9.17) is 4.74 Å². The molecule has 0 saturated heterocycles. The van der Waals surface area contributed by atoms with E-state index in [-0.39, 0.29) is 0 Å². The van der Waals surface area contributed by atoms with Gasteiger partial charge >= 0.3 is 0 Å². The van der Waals surface area contributed by atoms with Gasteiger partial charge in [0.05, 0.1) is 13.2 Å². The highest BCUT2D eigenvalue weighted by Crippen LogP contribution is 2.19. The Morgan fingerprint density at radius 3 is 2.84 bits per heavy atom. The fourth-order valence-corrected chi connectivity index (χ4v) is 2.20. The van der Waals surface area contributed by atoms with E-state index in [0.29, 0.717) is 6.61 Å². The number of ether oxygens (including phenoxy) is 1. The van der Waals surface area contributed by atoms with Crippen LogP contribution in [-0.2, 0) is 17.9 Å². The van der Waals surface area contributed by atoms with Crippen LogP contribution in [0.4, 0.5) is 0 Å². The molecule has 1 aromatic rings. The minimum Gasteiger partial charge on any atom is -0.376 e.